The molecule has 0 aliphatic carbocycles. The Morgan fingerprint density at radius 1 is 1.58 bits per heavy atom. The fourth-order valence-electron chi connectivity index (χ4n) is 1.85. The van der Waals surface area contributed by atoms with E-state index < -0.39 is 5.82 Å². The third kappa shape index (κ3) is 3.44. The molecule has 1 aromatic rings. The number of nitrogens with zero attached hydrogens (tertiary/aromatic N) is 2. The number of amides is 1. The van der Waals surface area contributed by atoms with E-state index in [-0.39, 0.29) is 23.1 Å². The van der Waals surface area contributed by atoms with Gasteiger partial charge in [0.2, 0.25) is 0 Å². The molecule has 19 heavy (non-hydrogen) atoms. The number of nitriles is 1. The number of benzene rings is 1. The Morgan fingerprint density at radius 2 is 2.26 bits per heavy atom. The van der Waals surface area contributed by atoms with E-state index in [2.05, 4.69) is 11.4 Å². The van der Waals surface area contributed by atoms with E-state index in [1.807, 2.05) is 6.92 Å². The predicted molar refractivity (Wildman–Crippen MR) is 72.3 cm³/mol. The summed E-state index contributed by atoms with van der Waals surface area (Å²) in [4.78, 5) is 13.9. The van der Waals surface area contributed by atoms with Crippen LogP contribution in [-0.2, 0) is 0 Å². The lowest BCUT2D eigenvalue weighted by atomic mass is 10.1. The molecule has 1 rings (SSSR count). The molecule has 0 heterocycles. The Kier molecular flexibility index (Phi) is 5.31. The molecule has 0 bridgehead atoms. The minimum absolute atomic E-state index is 0.190. The molecular formula is C14H18FN3O. The highest BCUT2D eigenvalue weighted by molar-refractivity contribution is 5.99. The lowest BCUT2D eigenvalue weighted by Crippen LogP contribution is -2.34. The van der Waals surface area contributed by atoms with Gasteiger partial charge in [-0.1, -0.05) is 6.07 Å². The molecule has 1 unspecified atom stereocenters. The van der Waals surface area contributed by atoms with E-state index in [4.69, 9.17) is 5.26 Å². The minimum atomic E-state index is -0.460. The Labute approximate surface area is 112 Å². The van der Waals surface area contributed by atoms with E-state index >= 15 is 0 Å². The van der Waals surface area contributed by atoms with Crippen molar-refractivity contribution in [2.24, 2.45) is 5.92 Å². The first-order valence-corrected chi connectivity index (χ1v) is 6.20. The van der Waals surface area contributed by atoms with Gasteiger partial charge in [-0.3, -0.25) is 4.79 Å². The monoisotopic (exact) mass is 263 g/mol. The second-order valence-corrected chi connectivity index (χ2v) is 4.29. The van der Waals surface area contributed by atoms with E-state index in [0.717, 1.165) is 0 Å². The van der Waals surface area contributed by atoms with Crippen LogP contribution in [0.25, 0.3) is 0 Å². The number of hydrogen-bond donors (Lipinski definition) is 1. The summed E-state index contributed by atoms with van der Waals surface area (Å²) >= 11 is 0. The van der Waals surface area contributed by atoms with Crippen molar-refractivity contribution >= 4 is 11.6 Å². The molecule has 0 aliphatic heterocycles. The summed E-state index contributed by atoms with van der Waals surface area (Å²) in [7, 11) is 1.57. The van der Waals surface area contributed by atoms with Gasteiger partial charge in [-0.2, -0.15) is 5.26 Å². The van der Waals surface area contributed by atoms with Crippen molar-refractivity contribution in [2.75, 3.05) is 25.5 Å². The lowest BCUT2D eigenvalue weighted by molar-refractivity contribution is 0.0753. The average Bonchev–Trinajstić information content (AvgIpc) is 2.43. The number of nitrogens with one attached hydrogen (secondary N) is 1. The summed E-state index contributed by atoms with van der Waals surface area (Å²) in [5.41, 5.74) is 0.477. The summed E-state index contributed by atoms with van der Waals surface area (Å²) < 4.78 is 13.6. The van der Waals surface area contributed by atoms with Crippen LogP contribution in [0.15, 0.2) is 18.2 Å². The quantitative estimate of drug-likeness (QED) is 0.888. The second kappa shape index (κ2) is 6.74. The fourth-order valence-corrected chi connectivity index (χ4v) is 1.85. The van der Waals surface area contributed by atoms with E-state index in [9.17, 15) is 9.18 Å². The van der Waals surface area contributed by atoms with Crippen LogP contribution >= 0.6 is 0 Å². The second-order valence-electron chi connectivity index (χ2n) is 4.29. The largest absolute Gasteiger partial charge is 0.385 e. The molecular weight excluding hydrogens is 245 g/mol. The fraction of sp³-hybridized carbons (Fsp3) is 0.429. The maximum Gasteiger partial charge on any atom is 0.256 e. The highest BCUT2D eigenvalue weighted by Gasteiger charge is 2.20. The van der Waals surface area contributed by atoms with Crippen molar-refractivity contribution in [1.82, 2.24) is 4.90 Å². The number of anilines is 1. The summed E-state index contributed by atoms with van der Waals surface area (Å²) in [6, 6.07) is 6.48. The predicted octanol–water partition coefficient (Wildman–Crippen LogP) is 2.49. The summed E-state index contributed by atoms with van der Waals surface area (Å²) in [5.74, 6) is -0.985. The topological polar surface area (TPSA) is 56.1 Å². The Balaban J connectivity index is 3.05. The van der Waals surface area contributed by atoms with Gasteiger partial charge in [0.15, 0.2) is 0 Å². The van der Waals surface area contributed by atoms with Crippen molar-refractivity contribution in [2.45, 2.75) is 13.8 Å². The van der Waals surface area contributed by atoms with E-state index in [0.29, 0.717) is 13.1 Å². The zero-order valence-electron chi connectivity index (χ0n) is 11.4. The van der Waals surface area contributed by atoms with Crippen LogP contribution in [0.2, 0.25) is 0 Å². The lowest BCUT2D eigenvalue weighted by Gasteiger charge is -2.23. The standard InChI is InChI=1S/C14H18FN3O/c1-4-18(9-10(2)8-16)14(19)11-6-5-7-12(15)13(11)17-3/h5-7,10,17H,4,9H2,1-3H3. The van der Waals surface area contributed by atoms with Crippen LogP contribution in [0.5, 0.6) is 0 Å². The first kappa shape index (κ1) is 15.0. The van der Waals surface area contributed by atoms with Gasteiger partial charge in [-0.25, -0.2) is 4.39 Å². The molecule has 1 amide bonds. The molecule has 102 valence electrons. The van der Waals surface area contributed by atoms with E-state index in [1.54, 1.807) is 24.9 Å². The van der Waals surface area contributed by atoms with Gasteiger partial charge < -0.3 is 10.2 Å². The summed E-state index contributed by atoms with van der Waals surface area (Å²) in [6.45, 7) is 4.40. The molecule has 5 heteroatoms. The first-order valence-electron chi connectivity index (χ1n) is 6.20. The smallest absolute Gasteiger partial charge is 0.256 e. The van der Waals surface area contributed by atoms with Crippen LogP contribution in [0.1, 0.15) is 24.2 Å². The SMILES string of the molecule is CCN(CC(C)C#N)C(=O)c1cccc(F)c1NC. The first-order chi connectivity index (χ1) is 9.04. The zero-order valence-corrected chi connectivity index (χ0v) is 11.4. The van der Waals surface area contributed by atoms with Gasteiger partial charge >= 0.3 is 0 Å². The minimum Gasteiger partial charge on any atom is -0.385 e. The highest BCUT2D eigenvalue weighted by atomic mass is 19.1. The van der Waals surface area contributed by atoms with Gasteiger partial charge in [0, 0.05) is 20.1 Å². The number of para-hydroxylation sites is 1. The van der Waals surface area contributed by atoms with Crippen LogP contribution in [-0.4, -0.2) is 30.9 Å². The molecule has 4 nitrogen and oxygen atoms in total. The van der Waals surface area contributed by atoms with Crippen molar-refractivity contribution < 1.29 is 9.18 Å². The Hall–Kier alpha value is -2.09. The molecule has 0 aromatic heterocycles. The Morgan fingerprint density at radius 3 is 2.79 bits per heavy atom. The third-order valence-corrected chi connectivity index (χ3v) is 2.88. The van der Waals surface area contributed by atoms with Crippen LogP contribution in [0.3, 0.4) is 0 Å². The van der Waals surface area contributed by atoms with Gasteiger partial charge in [-0.05, 0) is 26.0 Å². The summed E-state index contributed by atoms with van der Waals surface area (Å²) in [6.07, 6.45) is 0. The molecule has 0 spiro atoms. The average molecular weight is 263 g/mol. The van der Waals surface area contributed by atoms with Crippen molar-refractivity contribution in [1.29, 1.82) is 5.26 Å². The molecule has 0 saturated heterocycles. The molecule has 1 atom stereocenters. The van der Waals surface area contributed by atoms with Crippen molar-refractivity contribution in [3.05, 3.63) is 29.6 Å². The van der Waals surface area contributed by atoms with Crippen LogP contribution in [0, 0.1) is 23.1 Å². The third-order valence-electron chi connectivity index (χ3n) is 2.88. The molecule has 1 aromatic carbocycles. The van der Waals surface area contributed by atoms with Gasteiger partial charge in [0.1, 0.15) is 5.82 Å². The van der Waals surface area contributed by atoms with Crippen molar-refractivity contribution in [3.63, 3.8) is 0 Å². The highest BCUT2D eigenvalue weighted by Crippen LogP contribution is 2.21. The van der Waals surface area contributed by atoms with Crippen LogP contribution < -0.4 is 5.32 Å². The molecule has 0 fully saturated rings. The van der Waals surface area contributed by atoms with Crippen LogP contribution in [0.4, 0.5) is 10.1 Å². The molecule has 0 aliphatic rings. The molecule has 0 radical (unpaired) electrons. The summed E-state index contributed by atoms with van der Waals surface area (Å²) in [5, 5.41) is 11.5. The van der Waals surface area contributed by atoms with Crippen molar-refractivity contribution in [3.8, 4) is 6.07 Å². The number of carbonyl (C=O) groups excluding carboxylic acids is 1. The van der Waals surface area contributed by atoms with Gasteiger partial charge in [-0.15, -0.1) is 0 Å². The number of carbonyl (C=O) groups is 1. The number of rotatable bonds is 5. The number of hydrogen-bond acceptors (Lipinski definition) is 3. The maximum absolute atomic E-state index is 13.6. The van der Waals surface area contributed by atoms with Gasteiger partial charge in [0.05, 0.1) is 23.2 Å². The maximum atomic E-state index is 13.6. The Bertz CT molecular complexity index is 496. The molecule has 0 saturated carbocycles. The molecule has 1 N–H and O–H groups in total. The van der Waals surface area contributed by atoms with Gasteiger partial charge in [0.25, 0.3) is 5.91 Å². The number of halogens is 1. The normalized spacial score (nSPS) is 11.5. The van der Waals surface area contributed by atoms with E-state index in [1.165, 1.54) is 12.1 Å². The zero-order chi connectivity index (χ0) is 14.4.